The first kappa shape index (κ1) is 21.2. The molecule has 0 unspecified atom stereocenters. The van der Waals surface area contributed by atoms with Crippen molar-refractivity contribution in [3.05, 3.63) is 54.1 Å². The molecule has 7 heteroatoms. The van der Waals surface area contributed by atoms with Crippen molar-refractivity contribution in [2.45, 2.75) is 20.0 Å². The van der Waals surface area contributed by atoms with Gasteiger partial charge in [0.2, 0.25) is 5.91 Å². The normalized spacial score (nSPS) is 10.4. The van der Waals surface area contributed by atoms with Gasteiger partial charge in [0, 0.05) is 36.7 Å². The second-order valence-corrected chi connectivity index (χ2v) is 6.42. The Morgan fingerprint density at radius 3 is 2.46 bits per heavy atom. The molecule has 28 heavy (non-hydrogen) atoms. The summed E-state index contributed by atoms with van der Waals surface area (Å²) in [5.41, 5.74) is 1.95. The number of amides is 2. The van der Waals surface area contributed by atoms with E-state index in [9.17, 15) is 9.59 Å². The number of carbonyl (C=O) groups is 2. The number of benzene rings is 2. The molecule has 0 radical (unpaired) electrons. The molecule has 2 aromatic rings. The van der Waals surface area contributed by atoms with Crippen LogP contribution in [0.15, 0.2) is 48.5 Å². The molecule has 7 nitrogen and oxygen atoms in total. The monoisotopic (exact) mass is 385 g/mol. The molecule has 0 aliphatic rings. The van der Waals surface area contributed by atoms with Gasteiger partial charge in [-0.2, -0.15) is 0 Å². The number of anilines is 2. The van der Waals surface area contributed by atoms with E-state index in [0.29, 0.717) is 24.4 Å². The van der Waals surface area contributed by atoms with Gasteiger partial charge in [-0.05, 0) is 50.2 Å². The van der Waals surface area contributed by atoms with Gasteiger partial charge in [0.05, 0.1) is 19.3 Å². The molecule has 0 aliphatic heterocycles. The molecular weight excluding hydrogens is 358 g/mol. The van der Waals surface area contributed by atoms with Gasteiger partial charge >= 0.3 is 0 Å². The standard InChI is InChI=1S/C21H27N3O4/c1-15(2)28-19-6-4-5-18(13-19)23-14-20(25)24-17-9-7-16(8-10-17)21(26)22-11-12-27-3/h4-10,13,15,23H,11-12,14H2,1-3H3,(H,22,26)(H,24,25). The summed E-state index contributed by atoms with van der Waals surface area (Å²) in [6.07, 6.45) is 0.0866. The van der Waals surface area contributed by atoms with Gasteiger partial charge in [-0.1, -0.05) is 6.07 Å². The number of nitrogens with one attached hydrogen (secondary N) is 3. The molecule has 0 aromatic heterocycles. The van der Waals surface area contributed by atoms with Crippen molar-refractivity contribution in [2.75, 3.05) is 37.4 Å². The predicted octanol–water partition coefficient (Wildman–Crippen LogP) is 2.90. The van der Waals surface area contributed by atoms with Gasteiger partial charge in [0.1, 0.15) is 5.75 Å². The number of rotatable bonds is 10. The third kappa shape index (κ3) is 7.28. The van der Waals surface area contributed by atoms with E-state index in [4.69, 9.17) is 9.47 Å². The summed E-state index contributed by atoms with van der Waals surface area (Å²) >= 11 is 0. The van der Waals surface area contributed by atoms with E-state index >= 15 is 0 Å². The first-order chi connectivity index (χ1) is 13.5. The lowest BCUT2D eigenvalue weighted by atomic mass is 10.2. The first-order valence-electron chi connectivity index (χ1n) is 9.15. The predicted molar refractivity (Wildman–Crippen MR) is 110 cm³/mol. The average Bonchev–Trinajstić information content (AvgIpc) is 2.67. The van der Waals surface area contributed by atoms with Crippen LogP contribution < -0.4 is 20.7 Å². The molecule has 2 amide bonds. The van der Waals surface area contributed by atoms with Gasteiger partial charge in [0.15, 0.2) is 0 Å². The fourth-order valence-corrected chi connectivity index (χ4v) is 2.41. The number of hydrogen-bond donors (Lipinski definition) is 3. The van der Waals surface area contributed by atoms with Crippen LogP contribution in [0.2, 0.25) is 0 Å². The third-order valence-electron chi connectivity index (χ3n) is 3.68. The average molecular weight is 385 g/mol. The number of methoxy groups -OCH3 is 1. The van der Waals surface area contributed by atoms with E-state index in [1.54, 1.807) is 31.4 Å². The van der Waals surface area contributed by atoms with Crippen molar-refractivity contribution in [3.8, 4) is 5.75 Å². The lowest BCUT2D eigenvalue weighted by Crippen LogP contribution is -2.27. The highest BCUT2D eigenvalue weighted by Crippen LogP contribution is 2.18. The molecule has 0 saturated heterocycles. The van der Waals surface area contributed by atoms with Crippen molar-refractivity contribution in [2.24, 2.45) is 0 Å². The Balaban J connectivity index is 1.82. The van der Waals surface area contributed by atoms with Crippen LogP contribution in [0.25, 0.3) is 0 Å². The maximum absolute atomic E-state index is 12.1. The second kappa shape index (κ2) is 10.9. The summed E-state index contributed by atoms with van der Waals surface area (Å²) in [5, 5.41) is 8.60. The van der Waals surface area contributed by atoms with Crippen molar-refractivity contribution in [1.29, 1.82) is 0 Å². The highest BCUT2D eigenvalue weighted by Gasteiger charge is 2.07. The first-order valence-corrected chi connectivity index (χ1v) is 9.15. The van der Waals surface area contributed by atoms with E-state index in [-0.39, 0.29) is 24.5 Å². The summed E-state index contributed by atoms with van der Waals surface area (Å²) in [6, 6.07) is 14.2. The van der Waals surface area contributed by atoms with Crippen LogP contribution in [-0.4, -0.2) is 44.7 Å². The Morgan fingerprint density at radius 2 is 1.79 bits per heavy atom. The zero-order valence-electron chi connectivity index (χ0n) is 16.5. The van der Waals surface area contributed by atoms with Crippen LogP contribution in [0.5, 0.6) is 5.75 Å². The van der Waals surface area contributed by atoms with Crippen LogP contribution in [0.1, 0.15) is 24.2 Å². The zero-order valence-corrected chi connectivity index (χ0v) is 16.5. The van der Waals surface area contributed by atoms with Gasteiger partial charge in [-0.15, -0.1) is 0 Å². The molecule has 2 rings (SSSR count). The van der Waals surface area contributed by atoms with Gasteiger partial charge in [-0.25, -0.2) is 0 Å². The minimum atomic E-state index is -0.188. The Hall–Kier alpha value is -3.06. The van der Waals surface area contributed by atoms with Crippen molar-refractivity contribution in [1.82, 2.24) is 5.32 Å². The minimum Gasteiger partial charge on any atom is -0.491 e. The molecule has 0 bridgehead atoms. The molecule has 150 valence electrons. The highest BCUT2D eigenvalue weighted by molar-refractivity contribution is 5.96. The Labute approximate surface area is 165 Å². The Bertz CT molecular complexity index is 775. The van der Waals surface area contributed by atoms with E-state index in [1.165, 1.54) is 0 Å². The van der Waals surface area contributed by atoms with Crippen LogP contribution in [0.4, 0.5) is 11.4 Å². The van der Waals surface area contributed by atoms with Crippen LogP contribution in [-0.2, 0) is 9.53 Å². The number of ether oxygens (including phenoxy) is 2. The quantitative estimate of drug-likeness (QED) is 0.547. The van der Waals surface area contributed by atoms with Crippen LogP contribution in [0, 0.1) is 0 Å². The fourth-order valence-electron chi connectivity index (χ4n) is 2.41. The number of hydrogen-bond acceptors (Lipinski definition) is 5. The fraction of sp³-hybridized carbons (Fsp3) is 0.333. The van der Waals surface area contributed by atoms with Crippen molar-refractivity contribution < 1.29 is 19.1 Å². The van der Waals surface area contributed by atoms with Gasteiger partial charge in [0.25, 0.3) is 5.91 Å². The Kier molecular flexibility index (Phi) is 8.30. The molecule has 2 aromatic carbocycles. The van der Waals surface area contributed by atoms with Crippen molar-refractivity contribution in [3.63, 3.8) is 0 Å². The van der Waals surface area contributed by atoms with E-state index < -0.39 is 0 Å². The second-order valence-electron chi connectivity index (χ2n) is 6.42. The molecule has 3 N–H and O–H groups in total. The van der Waals surface area contributed by atoms with E-state index in [2.05, 4.69) is 16.0 Å². The Morgan fingerprint density at radius 1 is 1.04 bits per heavy atom. The summed E-state index contributed by atoms with van der Waals surface area (Å²) < 4.78 is 10.5. The summed E-state index contributed by atoms with van der Waals surface area (Å²) in [5.74, 6) is 0.382. The zero-order chi connectivity index (χ0) is 20.4. The topological polar surface area (TPSA) is 88.7 Å². The lowest BCUT2D eigenvalue weighted by molar-refractivity contribution is -0.114. The van der Waals surface area contributed by atoms with Crippen molar-refractivity contribution >= 4 is 23.2 Å². The van der Waals surface area contributed by atoms with E-state index in [1.807, 2.05) is 38.1 Å². The molecule has 0 atom stereocenters. The van der Waals surface area contributed by atoms with Gasteiger partial charge in [-0.3, -0.25) is 9.59 Å². The van der Waals surface area contributed by atoms with Gasteiger partial charge < -0.3 is 25.4 Å². The lowest BCUT2D eigenvalue weighted by Gasteiger charge is -2.12. The maximum Gasteiger partial charge on any atom is 0.251 e. The molecule has 0 spiro atoms. The third-order valence-corrected chi connectivity index (χ3v) is 3.68. The van der Waals surface area contributed by atoms with Crippen LogP contribution in [0.3, 0.4) is 0 Å². The molecular formula is C21H27N3O4. The van der Waals surface area contributed by atoms with Crippen LogP contribution >= 0.6 is 0 Å². The molecule has 0 heterocycles. The summed E-state index contributed by atoms with van der Waals surface area (Å²) in [7, 11) is 1.58. The van der Waals surface area contributed by atoms with E-state index in [0.717, 1.165) is 11.4 Å². The smallest absolute Gasteiger partial charge is 0.251 e. The SMILES string of the molecule is COCCNC(=O)c1ccc(NC(=O)CNc2cccc(OC(C)C)c2)cc1. The highest BCUT2D eigenvalue weighted by atomic mass is 16.5. The minimum absolute atomic E-state index is 0.0866. The molecule has 0 aliphatic carbocycles. The largest absolute Gasteiger partial charge is 0.491 e. The molecule has 0 fully saturated rings. The number of carbonyl (C=O) groups excluding carboxylic acids is 2. The summed E-state index contributed by atoms with van der Waals surface area (Å²) in [4.78, 5) is 24.1. The molecule has 0 saturated carbocycles. The summed E-state index contributed by atoms with van der Waals surface area (Å²) in [6.45, 7) is 4.94. The maximum atomic E-state index is 12.1.